The SMILES string of the molecule is C=CCNCc1ccccc1C=C. The Morgan fingerprint density at radius 1 is 1.23 bits per heavy atom. The number of hydrogen-bond acceptors (Lipinski definition) is 1. The quantitative estimate of drug-likeness (QED) is 0.533. The Labute approximate surface area is 79.8 Å². The summed E-state index contributed by atoms with van der Waals surface area (Å²) in [7, 11) is 0. The first-order valence-corrected chi connectivity index (χ1v) is 4.40. The molecule has 0 saturated carbocycles. The van der Waals surface area contributed by atoms with Gasteiger partial charge in [-0.25, -0.2) is 0 Å². The Morgan fingerprint density at radius 3 is 2.69 bits per heavy atom. The fourth-order valence-corrected chi connectivity index (χ4v) is 1.20. The normalized spacial score (nSPS) is 9.54. The Hall–Kier alpha value is -1.34. The number of benzene rings is 1. The number of nitrogens with one attached hydrogen (secondary N) is 1. The van der Waals surface area contributed by atoms with Gasteiger partial charge in [0.2, 0.25) is 0 Å². The Morgan fingerprint density at radius 2 is 2.00 bits per heavy atom. The smallest absolute Gasteiger partial charge is 0.0214 e. The van der Waals surface area contributed by atoms with Crippen molar-refractivity contribution in [2.24, 2.45) is 0 Å². The van der Waals surface area contributed by atoms with Crippen LogP contribution in [0.4, 0.5) is 0 Å². The van der Waals surface area contributed by atoms with Gasteiger partial charge < -0.3 is 5.32 Å². The van der Waals surface area contributed by atoms with E-state index < -0.39 is 0 Å². The average Bonchev–Trinajstić information content (AvgIpc) is 2.19. The zero-order chi connectivity index (χ0) is 9.52. The van der Waals surface area contributed by atoms with Crippen molar-refractivity contribution in [2.75, 3.05) is 6.54 Å². The van der Waals surface area contributed by atoms with Gasteiger partial charge in [-0.05, 0) is 11.1 Å². The van der Waals surface area contributed by atoms with Gasteiger partial charge in [0.15, 0.2) is 0 Å². The van der Waals surface area contributed by atoms with Crippen LogP contribution in [0, 0.1) is 0 Å². The van der Waals surface area contributed by atoms with Crippen LogP contribution in [0.1, 0.15) is 11.1 Å². The number of hydrogen-bond donors (Lipinski definition) is 1. The lowest BCUT2D eigenvalue weighted by Crippen LogP contribution is -2.13. The molecule has 1 rings (SSSR count). The molecule has 1 aromatic carbocycles. The van der Waals surface area contributed by atoms with Crippen molar-refractivity contribution < 1.29 is 0 Å². The van der Waals surface area contributed by atoms with Gasteiger partial charge in [-0.3, -0.25) is 0 Å². The molecule has 0 aliphatic rings. The molecule has 0 saturated heterocycles. The van der Waals surface area contributed by atoms with E-state index in [-0.39, 0.29) is 0 Å². The monoisotopic (exact) mass is 173 g/mol. The predicted molar refractivity (Wildman–Crippen MR) is 58.4 cm³/mol. The van der Waals surface area contributed by atoms with Crippen molar-refractivity contribution in [3.05, 3.63) is 54.6 Å². The highest BCUT2D eigenvalue weighted by atomic mass is 14.8. The third-order valence-corrected chi connectivity index (χ3v) is 1.88. The van der Waals surface area contributed by atoms with E-state index in [4.69, 9.17) is 0 Å². The van der Waals surface area contributed by atoms with E-state index in [9.17, 15) is 0 Å². The van der Waals surface area contributed by atoms with E-state index in [1.54, 1.807) is 0 Å². The Balaban J connectivity index is 2.63. The van der Waals surface area contributed by atoms with Crippen molar-refractivity contribution in [2.45, 2.75) is 6.54 Å². The summed E-state index contributed by atoms with van der Waals surface area (Å²) in [5, 5.41) is 3.26. The molecule has 0 bridgehead atoms. The Bertz CT molecular complexity index is 289. The first kappa shape index (κ1) is 9.75. The van der Waals surface area contributed by atoms with Gasteiger partial charge in [0.05, 0.1) is 0 Å². The molecular weight excluding hydrogens is 158 g/mol. The van der Waals surface area contributed by atoms with Gasteiger partial charge in [0.25, 0.3) is 0 Å². The minimum Gasteiger partial charge on any atom is -0.309 e. The molecule has 0 fully saturated rings. The maximum absolute atomic E-state index is 3.77. The van der Waals surface area contributed by atoms with Crippen LogP contribution in [0.5, 0.6) is 0 Å². The van der Waals surface area contributed by atoms with Gasteiger partial charge >= 0.3 is 0 Å². The molecule has 0 aliphatic carbocycles. The van der Waals surface area contributed by atoms with Crippen molar-refractivity contribution in [1.29, 1.82) is 0 Å². The van der Waals surface area contributed by atoms with Crippen LogP contribution >= 0.6 is 0 Å². The maximum Gasteiger partial charge on any atom is 0.0214 e. The molecule has 0 unspecified atom stereocenters. The number of rotatable bonds is 5. The molecule has 1 nitrogen and oxygen atoms in total. The summed E-state index contributed by atoms with van der Waals surface area (Å²) in [5.74, 6) is 0. The van der Waals surface area contributed by atoms with Crippen molar-refractivity contribution >= 4 is 6.08 Å². The first-order valence-electron chi connectivity index (χ1n) is 4.40. The highest BCUT2D eigenvalue weighted by Crippen LogP contribution is 2.09. The van der Waals surface area contributed by atoms with Crippen molar-refractivity contribution in [3.8, 4) is 0 Å². The third kappa shape index (κ3) is 2.88. The fourth-order valence-electron chi connectivity index (χ4n) is 1.20. The summed E-state index contributed by atoms with van der Waals surface area (Å²) >= 11 is 0. The lowest BCUT2D eigenvalue weighted by Gasteiger charge is -2.05. The molecule has 13 heavy (non-hydrogen) atoms. The minimum absolute atomic E-state index is 0.839. The molecule has 1 N–H and O–H groups in total. The van der Waals surface area contributed by atoms with Crippen LogP contribution in [0.2, 0.25) is 0 Å². The largest absolute Gasteiger partial charge is 0.309 e. The lowest BCUT2D eigenvalue weighted by molar-refractivity contribution is 0.759. The molecule has 0 heterocycles. The van der Waals surface area contributed by atoms with Crippen molar-refractivity contribution in [1.82, 2.24) is 5.32 Å². The summed E-state index contributed by atoms with van der Waals surface area (Å²) in [5.41, 5.74) is 2.47. The Kier molecular flexibility index (Phi) is 4.00. The van der Waals surface area contributed by atoms with Crippen LogP contribution in [0.25, 0.3) is 6.08 Å². The zero-order valence-corrected chi connectivity index (χ0v) is 7.79. The van der Waals surface area contributed by atoms with Gasteiger partial charge in [0, 0.05) is 13.1 Å². The third-order valence-electron chi connectivity index (χ3n) is 1.88. The molecule has 0 radical (unpaired) electrons. The molecule has 1 aromatic rings. The van der Waals surface area contributed by atoms with Gasteiger partial charge in [-0.15, -0.1) is 6.58 Å². The molecule has 0 amide bonds. The summed E-state index contributed by atoms with van der Waals surface area (Å²) < 4.78 is 0. The minimum atomic E-state index is 0.839. The first-order chi connectivity index (χ1) is 6.38. The molecule has 1 heteroatoms. The van der Waals surface area contributed by atoms with Crippen LogP contribution < -0.4 is 5.32 Å². The van der Waals surface area contributed by atoms with Crippen LogP contribution in [0.15, 0.2) is 43.5 Å². The maximum atomic E-state index is 3.77. The van der Waals surface area contributed by atoms with Crippen LogP contribution in [-0.4, -0.2) is 6.54 Å². The highest BCUT2D eigenvalue weighted by Gasteiger charge is 1.95. The molecule has 0 spiro atoms. The van der Waals surface area contributed by atoms with E-state index in [0.29, 0.717) is 0 Å². The van der Waals surface area contributed by atoms with E-state index in [1.165, 1.54) is 11.1 Å². The van der Waals surface area contributed by atoms with Gasteiger partial charge in [-0.2, -0.15) is 0 Å². The van der Waals surface area contributed by atoms with Gasteiger partial charge in [0.1, 0.15) is 0 Å². The molecule has 0 aromatic heterocycles. The molecule has 68 valence electrons. The van der Waals surface area contributed by atoms with Gasteiger partial charge in [-0.1, -0.05) is 43.0 Å². The van der Waals surface area contributed by atoms with E-state index in [0.717, 1.165) is 13.1 Å². The summed E-state index contributed by atoms with van der Waals surface area (Å²) in [6, 6.07) is 8.23. The lowest BCUT2D eigenvalue weighted by atomic mass is 10.1. The fraction of sp³-hybridized carbons (Fsp3) is 0.167. The molecule has 0 atom stereocenters. The summed E-state index contributed by atoms with van der Waals surface area (Å²) in [6.45, 7) is 9.13. The summed E-state index contributed by atoms with van der Waals surface area (Å²) in [6.07, 6.45) is 3.74. The standard InChI is InChI=1S/C12H15N/c1-3-9-13-10-12-8-6-5-7-11(12)4-2/h3-8,13H,1-2,9-10H2. The molecule has 0 aliphatic heterocycles. The van der Waals surface area contributed by atoms with Crippen molar-refractivity contribution in [3.63, 3.8) is 0 Å². The topological polar surface area (TPSA) is 12.0 Å². The zero-order valence-electron chi connectivity index (χ0n) is 7.79. The van der Waals surface area contributed by atoms with Crippen LogP contribution in [-0.2, 0) is 6.54 Å². The second-order valence-corrected chi connectivity index (χ2v) is 2.82. The van der Waals surface area contributed by atoms with E-state index in [1.807, 2.05) is 24.3 Å². The van der Waals surface area contributed by atoms with E-state index >= 15 is 0 Å². The second-order valence-electron chi connectivity index (χ2n) is 2.82. The highest BCUT2D eigenvalue weighted by molar-refractivity contribution is 5.51. The van der Waals surface area contributed by atoms with Crippen LogP contribution in [0.3, 0.4) is 0 Å². The average molecular weight is 173 g/mol. The second kappa shape index (κ2) is 5.33. The van der Waals surface area contributed by atoms with E-state index in [2.05, 4.69) is 30.6 Å². The molecular formula is C12H15N. The predicted octanol–water partition coefficient (Wildman–Crippen LogP) is 2.61. The summed E-state index contributed by atoms with van der Waals surface area (Å²) in [4.78, 5) is 0.